The zero-order chi connectivity index (χ0) is 23.3. The normalized spacial score (nSPS) is 13.1. The van der Waals surface area contributed by atoms with Gasteiger partial charge in [-0.05, 0) is 55.8 Å². The maximum atomic E-state index is 14.1. The van der Waals surface area contributed by atoms with E-state index in [1.807, 2.05) is 12.1 Å². The lowest BCUT2D eigenvalue weighted by atomic mass is 10.1. The summed E-state index contributed by atoms with van der Waals surface area (Å²) < 4.78 is 58.0. The van der Waals surface area contributed by atoms with Gasteiger partial charge in [-0.1, -0.05) is 12.1 Å². The van der Waals surface area contributed by atoms with E-state index in [1.54, 1.807) is 26.2 Å². The summed E-state index contributed by atoms with van der Waals surface area (Å²) in [6.45, 7) is 3.73. The number of halogens is 3. The Kier molecular flexibility index (Phi) is 7.53. The second kappa shape index (κ2) is 10.3. The first-order chi connectivity index (χ1) is 15.3. The first kappa shape index (κ1) is 23.3. The summed E-state index contributed by atoms with van der Waals surface area (Å²) >= 11 is 0. The van der Waals surface area contributed by atoms with E-state index in [1.165, 1.54) is 29.8 Å². The Bertz CT molecular complexity index is 1050. The van der Waals surface area contributed by atoms with E-state index in [-0.39, 0.29) is 18.8 Å². The van der Waals surface area contributed by atoms with Crippen LogP contribution in [0.4, 0.5) is 13.2 Å². The molecule has 170 valence electrons. The van der Waals surface area contributed by atoms with Gasteiger partial charge in [0, 0.05) is 5.56 Å². The molecular weight excluding hydrogens is 425 g/mol. The molecule has 0 spiro atoms. The summed E-state index contributed by atoms with van der Waals surface area (Å²) in [5, 5.41) is 3.97. The number of ether oxygens (including phenoxy) is 3. The number of methoxy groups -OCH3 is 1. The molecule has 2 aromatic carbocycles. The number of hydrogen-bond donors (Lipinski definition) is 0. The van der Waals surface area contributed by atoms with Crippen molar-refractivity contribution in [1.82, 2.24) is 9.78 Å². The van der Waals surface area contributed by atoms with Crippen LogP contribution >= 0.6 is 0 Å². The summed E-state index contributed by atoms with van der Waals surface area (Å²) in [6.07, 6.45) is -4.27. The van der Waals surface area contributed by atoms with E-state index < -0.39 is 30.1 Å². The minimum Gasteiger partial charge on any atom is -0.497 e. The first-order valence-corrected chi connectivity index (χ1v) is 9.85. The molecule has 3 rings (SSSR count). The largest absolute Gasteiger partial charge is 0.497 e. The highest BCUT2D eigenvalue weighted by Gasteiger charge is 2.24. The molecule has 9 heteroatoms. The van der Waals surface area contributed by atoms with Gasteiger partial charge in [-0.15, -0.1) is 0 Å². The van der Waals surface area contributed by atoms with Crippen LogP contribution in [0.15, 0.2) is 48.5 Å². The van der Waals surface area contributed by atoms with Crippen molar-refractivity contribution < 1.29 is 32.2 Å². The molecule has 1 aromatic heterocycles. The van der Waals surface area contributed by atoms with Gasteiger partial charge in [-0.25, -0.2) is 17.9 Å². The van der Waals surface area contributed by atoms with E-state index >= 15 is 0 Å². The molecule has 0 radical (unpaired) electrons. The zero-order valence-corrected chi connectivity index (χ0v) is 17.8. The van der Waals surface area contributed by atoms with Crippen molar-refractivity contribution in [3.8, 4) is 11.4 Å². The fourth-order valence-corrected chi connectivity index (χ4v) is 3.23. The van der Waals surface area contributed by atoms with Crippen molar-refractivity contribution in [3.63, 3.8) is 0 Å². The number of nitrogens with zero attached hydrogens (tertiary/aromatic N) is 2. The number of hydrogen-bond acceptors (Lipinski definition) is 5. The highest BCUT2D eigenvalue weighted by Crippen LogP contribution is 2.31. The monoisotopic (exact) mass is 448 g/mol. The summed E-state index contributed by atoms with van der Waals surface area (Å²) in [7, 11) is 1.57. The lowest BCUT2D eigenvalue weighted by Crippen LogP contribution is -2.12. The zero-order valence-electron chi connectivity index (χ0n) is 17.8. The molecule has 32 heavy (non-hydrogen) atoms. The smallest absolute Gasteiger partial charge is 0.293 e. The lowest BCUT2D eigenvalue weighted by molar-refractivity contribution is -0.133. The van der Waals surface area contributed by atoms with Crippen molar-refractivity contribution in [1.29, 1.82) is 0 Å². The van der Waals surface area contributed by atoms with Crippen molar-refractivity contribution in [2.24, 2.45) is 0 Å². The van der Waals surface area contributed by atoms with Gasteiger partial charge in [0.1, 0.15) is 23.4 Å². The van der Waals surface area contributed by atoms with E-state index in [0.717, 1.165) is 11.6 Å². The van der Waals surface area contributed by atoms with Gasteiger partial charge in [0.15, 0.2) is 0 Å². The molecule has 0 saturated carbocycles. The predicted molar refractivity (Wildman–Crippen MR) is 110 cm³/mol. The minimum absolute atomic E-state index is 0.225. The van der Waals surface area contributed by atoms with Gasteiger partial charge in [-0.3, -0.25) is 4.79 Å². The summed E-state index contributed by atoms with van der Waals surface area (Å²) in [4.78, 5) is 10.8. The Balaban J connectivity index is 1.94. The number of aromatic nitrogens is 2. The van der Waals surface area contributed by atoms with E-state index in [9.17, 15) is 18.0 Å². The molecule has 0 bridgehead atoms. The average molecular weight is 448 g/mol. The van der Waals surface area contributed by atoms with Gasteiger partial charge in [0.25, 0.3) is 12.9 Å². The Hall–Kier alpha value is -3.33. The molecule has 0 aliphatic heterocycles. The van der Waals surface area contributed by atoms with Gasteiger partial charge in [0.05, 0.1) is 31.2 Å². The molecule has 1 unspecified atom stereocenters. The maximum absolute atomic E-state index is 14.1. The van der Waals surface area contributed by atoms with Crippen LogP contribution in [0.5, 0.6) is 5.75 Å². The van der Waals surface area contributed by atoms with Crippen molar-refractivity contribution in [2.45, 2.75) is 39.1 Å². The molecule has 0 N–H and O–H groups in total. The third-order valence-corrected chi connectivity index (χ3v) is 4.97. The Labute approximate surface area is 183 Å². The number of rotatable bonds is 10. The molecule has 0 fully saturated rings. The van der Waals surface area contributed by atoms with Crippen LogP contribution < -0.4 is 4.74 Å². The Morgan fingerprint density at radius 2 is 1.78 bits per heavy atom. The first-order valence-electron chi connectivity index (χ1n) is 9.85. The summed E-state index contributed by atoms with van der Waals surface area (Å²) in [5.41, 5.74) is 1.37. The average Bonchev–Trinajstić information content (AvgIpc) is 3.24. The van der Waals surface area contributed by atoms with Gasteiger partial charge < -0.3 is 14.2 Å². The number of carbonyl (C=O) groups is 1. The Morgan fingerprint density at radius 1 is 1.06 bits per heavy atom. The topological polar surface area (TPSA) is 62.6 Å². The van der Waals surface area contributed by atoms with Crippen LogP contribution in [0.2, 0.25) is 0 Å². The molecule has 6 nitrogen and oxygen atoms in total. The second-order valence-corrected chi connectivity index (χ2v) is 7.09. The number of alkyl halides is 2. The molecule has 0 saturated heterocycles. The molecule has 0 amide bonds. The Morgan fingerprint density at radius 3 is 2.41 bits per heavy atom. The van der Waals surface area contributed by atoms with Crippen LogP contribution in [0.25, 0.3) is 5.69 Å². The fraction of sp³-hybridized carbons (Fsp3) is 0.304. The summed E-state index contributed by atoms with van der Waals surface area (Å²) in [6, 6.07) is 12.3. The van der Waals surface area contributed by atoms with Crippen molar-refractivity contribution in [3.05, 3.63) is 76.9 Å². The molecular formula is C23H23F3N2O4. The van der Waals surface area contributed by atoms with Crippen LogP contribution in [0.1, 0.15) is 55.0 Å². The molecule has 2 atom stereocenters. The van der Waals surface area contributed by atoms with Gasteiger partial charge in [-0.2, -0.15) is 5.10 Å². The van der Waals surface area contributed by atoms with E-state index in [2.05, 4.69) is 5.10 Å². The molecule has 0 aliphatic rings. The van der Waals surface area contributed by atoms with Crippen LogP contribution in [-0.2, 0) is 20.9 Å². The van der Waals surface area contributed by atoms with Crippen molar-refractivity contribution in [2.75, 3.05) is 7.11 Å². The van der Waals surface area contributed by atoms with E-state index in [0.29, 0.717) is 17.0 Å². The van der Waals surface area contributed by atoms with Crippen LogP contribution in [0, 0.1) is 5.82 Å². The standard InChI is InChI=1S/C23H23F3N2O4/c1-14(31-12-16-4-7-18(30-3)8-5-16)19-10-17(24)6-9-21(19)28-22(15(2)32-13-29)11-20(27-28)23(25)26/h4-11,13-15,23H,12H2,1-3H3/t14-,15?/m1/s1. The SMILES string of the molecule is COc1ccc(CO[C@H](C)c2cc(F)ccc2-n2nc(C(F)F)cc2C(C)OC=O)cc1. The highest BCUT2D eigenvalue weighted by molar-refractivity contribution is 5.45. The number of benzene rings is 2. The minimum atomic E-state index is -2.83. The van der Waals surface area contributed by atoms with Crippen LogP contribution in [0.3, 0.4) is 0 Å². The second-order valence-electron chi connectivity index (χ2n) is 7.09. The van der Waals surface area contributed by atoms with Crippen LogP contribution in [-0.4, -0.2) is 23.4 Å². The van der Waals surface area contributed by atoms with Crippen molar-refractivity contribution >= 4 is 6.47 Å². The predicted octanol–water partition coefficient (Wildman–Crippen LogP) is 5.47. The third kappa shape index (κ3) is 5.28. The molecule has 0 aliphatic carbocycles. The van der Waals surface area contributed by atoms with Gasteiger partial charge >= 0.3 is 0 Å². The lowest BCUT2D eigenvalue weighted by Gasteiger charge is -2.20. The maximum Gasteiger partial charge on any atom is 0.293 e. The fourth-order valence-electron chi connectivity index (χ4n) is 3.23. The number of carbonyl (C=O) groups excluding carboxylic acids is 1. The quantitative estimate of drug-likeness (QED) is 0.385. The van der Waals surface area contributed by atoms with Gasteiger partial charge in [0.2, 0.25) is 0 Å². The third-order valence-electron chi connectivity index (χ3n) is 4.97. The van der Waals surface area contributed by atoms with E-state index in [4.69, 9.17) is 14.2 Å². The highest BCUT2D eigenvalue weighted by atomic mass is 19.3. The summed E-state index contributed by atoms with van der Waals surface area (Å²) in [5.74, 6) is 0.200. The molecule has 3 aromatic rings. The molecule has 1 heterocycles.